The Kier molecular flexibility index (Phi) is 7.57. The van der Waals surface area contributed by atoms with Crippen molar-refractivity contribution in [1.82, 2.24) is 15.2 Å². The fourth-order valence-electron chi connectivity index (χ4n) is 4.92. The van der Waals surface area contributed by atoms with Gasteiger partial charge in [0.25, 0.3) is 5.91 Å². The minimum absolute atomic E-state index is 0.0144. The second-order valence-electron chi connectivity index (χ2n) is 9.33. The number of rotatable bonds is 9. The van der Waals surface area contributed by atoms with Crippen LogP contribution in [-0.2, 0) is 22.6 Å². The van der Waals surface area contributed by atoms with Crippen molar-refractivity contribution in [3.8, 4) is 5.75 Å². The van der Waals surface area contributed by atoms with Crippen LogP contribution in [0.25, 0.3) is 0 Å². The molecule has 2 amide bonds. The molecule has 0 radical (unpaired) electrons. The first-order valence-electron chi connectivity index (χ1n) is 12.7. The quantitative estimate of drug-likeness (QED) is 0.467. The van der Waals surface area contributed by atoms with E-state index in [-0.39, 0.29) is 11.8 Å². The molecule has 3 aromatic rings. The normalized spacial score (nSPS) is 17.2. The Morgan fingerprint density at radius 2 is 1.78 bits per heavy atom. The van der Waals surface area contributed by atoms with Gasteiger partial charge in [-0.2, -0.15) is 0 Å². The number of nitrogens with zero attached hydrogens (tertiary/aromatic N) is 3. The van der Waals surface area contributed by atoms with E-state index in [9.17, 15) is 9.59 Å². The molecular formula is C29H32N4O3. The highest BCUT2D eigenvalue weighted by atomic mass is 16.5. The first-order chi connectivity index (χ1) is 17.7. The van der Waals surface area contributed by atoms with E-state index in [1.54, 1.807) is 17.2 Å². The zero-order valence-corrected chi connectivity index (χ0v) is 20.4. The van der Waals surface area contributed by atoms with E-state index < -0.39 is 6.10 Å². The Balaban J connectivity index is 1.08. The van der Waals surface area contributed by atoms with Gasteiger partial charge in [0.1, 0.15) is 0 Å². The summed E-state index contributed by atoms with van der Waals surface area (Å²) in [7, 11) is 0. The van der Waals surface area contributed by atoms with Crippen LogP contribution < -0.4 is 15.0 Å². The molecule has 0 aliphatic carbocycles. The minimum atomic E-state index is -0.710. The van der Waals surface area contributed by atoms with Gasteiger partial charge in [-0.1, -0.05) is 54.6 Å². The van der Waals surface area contributed by atoms with E-state index in [0.29, 0.717) is 37.5 Å². The van der Waals surface area contributed by atoms with E-state index in [0.717, 1.165) is 38.0 Å². The summed E-state index contributed by atoms with van der Waals surface area (Å²) in [5, 5.41) is 3.03. The molecule has 2 aliphatic rings. The molecule has 1 atom stereocenters. The summed E-state index contributed by atoms with van der Waals surface area (Å²) >= 11 is 0. The van der Waals surface area contributed by atoms with Crippen LogP contribution in [0.4, 0.5) is 5.82 Å². The lowest BCUT2D eigenvalue weighted by Gasteiger charge is -2.33. The summed E-state index contributed by atoms with van der Waals surface area (Å²) in [5.74, 6) is 0.949. The molecule has 0 fully saturated rings. The third-order valence-electron chi connectivity index (χ3n) is 6.81. The van der Waals surface area contributed by atoms with Crippen LogP contribution in [0.5, 0.6) is 5.75 Å². The van der Waals surface area contributed by atoms with Gasteiger partial charge >= 0.3 is 0 Å². The van der Waals surface area contributed by atoms with Crippen molar-refractivity contribution in [2.75, 3.05) is 31.1 Å². The Bertz CT molecular complexity index is 1200. The zero-order valence-electron chi connectivity index (χ0n) is 20.4. The Morgan fingerprint density at radius 1 is 0.972 bits per heavy atom. The molecule has 2 aromatic carbocycles. The maximum atomic E-state index is 13.3. The van der Waals surface area contributed by atoms with E-state index in [1.165, 1.54) is 11.1 Å². The average molecular weight is 485 g/mol. The fourth-order valence-corrected chi connectivity index (χ4v) is 4.92. The molecule has 36 heavy (non-hydrogen) atoms. The van der Waals surface area contributed by atoms with Gasteiger partial charge in [-0.05, 0) is 42.5 Å². The monoisotopic (exact) mass is 484 g/mol. The molecule has 0 saturated heterocycles. The van der Waals surface area contributed by atoms with Crippen LogP contribution in [0, 0.1) is 0 Å². The summed E-state index contributed by atoms with van der Waals surface area (Å²) in [6.07, 6.45) is 3.87. The number of nitrogens with one attached hydrogen (secondary N) is 1. The molecule has 186 valence electrons. The maximum Gasteiger partial charge on any atom is 0.274 e. The van der Waals surface area contributed by atoms with Crippen LogP contribution in [-0.4, -0.2) is 47.9 Å². The van der Waals surface area contributed by atoms with E-state index in [4.69, 9.17) is 4.74 Å². The van der Waals surface area contributed by atoms with Crippen LogP contribution in [0.3, 0.4) is 0 Å². The largest absolute Gasteiger partial charge is 0.472 e. The minimum Gasteiger partial charge on any atom is -0.472 e. The van der Waals surface area contributed by atoms with Gasteiger partial charge in [-0.25, -0.2) is 4.98 Å². The van der Waals surface area contributed by atoms with Crippen LogP contribution in [0.15, 0.2) is 72.9 Å². The van der Waals surface area contributed by atoms with Gasteiger partial charge in [-0.3, -0.25) is 19.4 Å². The van der Waals surface area contributed by atoms with Crippen molar-refractivity contribution >= 4 is 17.6 Å². The van der Waals surface area contributed by atoms with Crippen molar-refractivity contribution < 1.29 is 14.3 Å². The Morgan fingerprint density at radius 3 is 2.64 bits per heavy atom. The second-order valence-corrected chi connectivity index (χ2v) is 9.33. The Labute approximate surface area is 212 Å². The molecule has 2 aliphatic heterocycles. The predicted molar refractivity (Wildman–Crippen MR) is 139 cm³/mol. The zero-order chi connectivity index (χ0) is 24.7. The summed E-state index contributed by atoms with van der Waals surface area (Å²) in [6, 6.07) is 21.7. The highest BCUT2D eigenvalue weighted by molar-refractivity contribution is 5.99. The summed E-state index contributed by atoms with van der Waals surface area (Å²) in [6.45, 7) is 4.10. The van der Waals surface area contributed by atoms with Crippen LogP contribution in [0.1, 0.15) is 42.1 Å². The van der Waals surface area contributed by atoms with Crippen molar-refractivity contribution in [3.63, 3.8) is 0 Å². The molecule has 7 heteroatoms. The summed E-state index contributed by atoms with van der Waals surface area (Å²) in [5.41, 5.74) is 3.67. The number of anilines is 1. The highest BCUT2D eigenvalue weighted by Gasteiger charge is 2.36. The van der Waals surface area contributed by atoms with Crippen molar-refractivity contribution in [2.24, 2.45) is 0 Å². The van der Waals surface area contributed by atoms with E-state index in [2.05, 4.69) is 39.5 Å². The lowest BCUT2D eigenvalue weighted by atomic mass is 10.00. The smallest absolute Gasteiger partial charge is 0.274 e. The average Bonchev–Trinajstić information content (AvgIpc) is 2.92. The van der Waals surface area contributed by atoms with Crippen molar-refractivity contribution in [3.05, 3.63) is 89.6 Å². The molecule has 7 nitrogen and oxygen atoms in total. The topological polar surface area (TPSA) is 74.8 Å². The lowest BCUT2D eigenvalue weighted by Crippen LogP contribution is -2.42. The molecule has 1 N–H and O–H groups in total. The standard InChI is InChI=1S/C29H32N4O3/c34-26(30-17-8-18-32-20-15-22-9-4-5-12-24(22)21-32)14-7-19-33-28-25(13-6-16-31-28)36-27(29(33)35)23-10-2-1-3-11-23/h1-6,9-13,16,27H,7-8,14-15,17-21H2,(H,30,34). The van der Waals surface area contributed by atoms with Gasteiger partial charge < -0.3 is 10.1 Å². The number of ether oxygens (including phenoxy) is 1. The van der Waals surface area contributed by atoms with Crippen LogP contribution >= 0.6 is 0 Å². The lowest BCUT2D eigenvalue weighted by molar-refractivity contribution is -0.127. The first kappa shape index (κ1) is 24.0. The number of carbonyl (C=O) groups is 2. The van der Waals surface area contributed by atoms with E-state index >= 15 is 0 Å². The van der Waals surface area contributed by atoms with Crippen molar-refractivity contribution in [2.45, 2.75) is 38.3 Å². The molecule has 0 saturated carbocycles. The van der Waals surface area contributed by atoms with Gasteiger partial charge in [0.15, 0.2) is 11.6 Å². The van der Waals surface area contributed by atoms with Crippen molar-refractivity contribution in [1.29, 1.82) is 0 Å². The number of fused-ring (bicyclic) bond motifs is 2. The SMILES string of the molecule is O=C(CCCN1C(=O)C(c2ccccc2)Oc2cccnc21)NCCCN1CCc2ccccc2C1. The highest BCUT2D eigenvalue weighted by Crippen LogP contribution is 2.37. The molecule has 1 aromatic heterocycles. The fraction of sp³-hybridized carbons (Fsp3) is 0.345. The Hall–Kier alpha value is -3.71. The van der Waals surface area contributed by atoms with Gasteiger partial charge in [0.05, 0.1) is 0 Å². The summed E-state index contributed by atoms with van der Waals surface area (Å²) in [4.78, 5) is 34.2. The molecule has 0 spiro atoms. The van der Waals surface area contributed by atoms with Crippen LogP contribution in [0.2, 0.25) is 0 Å². The number of pyridine rings is 1. The third-order valence-corrected chi connectivity index (χ3v) is 6.81. The van der Waals surface area contributed by atoms with Gasteiger partial charge in [0.2, 0.25) is 12.0 Å². The molecule has 0 bridgehead atoms. The molecule has 3 heterocycles. The van der Waals surface area contributed by atoms with Gasteiger partial charge in [0, 0.05) is 50.9 Å². The first-order valence-corrected chi connectivity index (χ1v) is 12.7. The van der Waals surface area contributed by atoms with E-state index in [1.807, 2.05) is 36.4 Å². The second kappa shape index (κ2) is 11.4. The predicted octanol–water partition coefficient (Wildman–Crippen LogP) is 3.89. The number of aromatic nitrogens is 1. The molecular weight excluding hydrogens is 452 g/mol. The van der Waals surface area contributed by atoms with Gasteiger partial charge in [-0.15, -0.1) is 0 Å². The maximum absolute atomic E-state index is 13.3. The number of benzene rings is 2. The summed E-state index contributed by atoms with van der Waals surface area (Å²) < 4.78 is 5.99. The molecule has 1 unspecified atom stereocenters. The number of hydrogen-bond donors (Lipinski definition) is 1. The number of carbonyl (C=O) groups excluding carboxylic acids is 2. The number of hydrogen-bond acceptors (Lipinski definition) is 5. The molecule has 5 rings (SSSR count). The third kappa shape index (κ3) is 5.57. The number of amides is 2.